The van der Waals surface area contributed by atoms with E-state index in [-0.39, 0.29) is 5.91 Å². The van der Waals surface area contributed by atoms with Gasteiger partial charge in [-0.1, -0.05) is 6.07 Å². The smallest absolute Gasteiger partial charge is 0.251 e. The molecule has 0 aliphatic heterocycles. The third-order valence-electron chi connectivity index (χ3n) is 5.00. The van der Waals surface area contributed by atoms with E-state index in [0.29, 0.717) is 67.3 Å². The Balaban J connectivity index is 1.71. The number of carbonyl (C=O) groups excluding carboxylic acids is 1. The molecule has 0 aliphatic rings. The Labute approximate surface area is 206 Å². The van der Waals surface area contributed by atoms with Gasteiger partial charge in [0, 0.05) is 24.5 Å². The van der Waals surface area contributed by atoms with Gasteiger partial charge in [0.2, 0.25) is 5.75 Å². The van der Waals surface area contributed by atoms with E-state index in [2.05, 4.69) is 10.3 Å². The van der Waals surface area contributed by atoms with Crippen LogP contribution in [0.25, 0.3) is 0 Å². The van der Waals surface area contributed by atoms with Crippen molar-refractivity contribution in [1.82, 2.24) is 10.3 Å². The highest BCUT2D eigenvalue weighted by atomic mass is 16.5. The molecule has 3 rings (SSSR count). The van der Waals surface area contributed by atoms with Crippen LogP contribution in [0.1, 0.15) is 42.3 Å². The lowest BCUT2D eigenvalue weighted by Gasteiger charge is -2.17. The van der Waals surface area contributed by atoms with Crippen molar-refractivity contribution in [3.8, 4) is 28.7 Å². The molecule has 186 valence electrons. The molecule has 8 nitrogen and oxygen atoms in total. The summed E-state index contributed by atoms with van der Waals surface area (Å²) in [4.78, 5) is 17.0. The van der Waals surface area contributed by atoms with E-state index >= 15 is 0 Å². The fourth-order valence-corrected chi connectivity index (χ4v) is 3.39. The van der Waals surface area contributed by atoms with Crippen molar-refractivity contribution in [2.75, 3.05) is 26.9 Å². The van der Waals surface area contributed by atoms with E-state index in [1.165, 1.54) is 0 Å². The SMILES string of the molecule is CCOc1cc(C(=O)NCc2ccc(OCc3ccncc3)c(OC)c2)cc(OCC)c1OCC. The number of amides is 1. The molecule has 0 fully saturated rings. The standard InChI is InChI=1S/C27H32N2O6/c1-5-32-24-15-21(16-25(33-6-2)26(24)34-7-3)27(30)29-17-20-8-9-22(23(14-20)31-4)35-18-19-10-12-28-13-11-19/h8-16H,5-7,17-18H2,1-4H3,(H,29,30). The van der Waals surface area contributed by atoms with Crippen LogP contribution in [-0.4, -0.2) is 37.8 Å². The summed E-state index contributed by atoms with van der Waals surface area (Å²) >= 11 is 0. The quantitative estimate of drug-likeness (QED) is 0.376. The molecule has 0 saturated carbocycles. The molecule has 1 aromatic heterocycles. The maximum atomic E-state index is 13.0. The second-order valence-electron chi connectivity index (χ2n) is 7.41. The molecule has 0 saturated heterocycles. The Morgan fingerprint density at radius 1 is 0.771 bits per heavy atom. The van der Waals surface area contributed by atoms with Gasteiger partial charge >= 0.3 is 0 Å². The lowest BCUT2D eigenvalue weighted by Crippen LogP contribution is -2.23. The van der Waals surface area contributed by atoms with Gasteiger partial charge in [0.05, 0.1) is 26.9 Å². The van der Waals surface area contributed by atoms with Crippen LogP contribution in [0, 0.1) is 0 Å². The minimum Gasteiger partial charge on any atom is -0.493 e. The number of aromatic nitrogens is 1. The summed E-state index contributed by atoms with van der Waals surface area (Å²) < 4.78 is 28.5. The first-order chi connectivity index (χ1) is 17.1. The molecular formula is C27H32N2O6. The molecule has 1 heterocycles. The highest BCUT2D eigenvalue weighted by Crippen LogP contribution is 2.39. The first-order valence-corrected chi connectivity index (χ1v) is 11.6. The Morgan fingerprint density at radius 3 is 2.03 bits per heavy atom. The van der Waals surface area contributed by atoms with E-state index in [1.807, 2.05) is 51.1 Å². The van der Waals surface area contributed by atoms with Crippen molar-refractivity contribution in [2.24, 2.45) is 0 Å². The number of pyridine rings is 1. The molecule has 8 heteroatoms. The van der Waals surface area contributed by atoms with Crippen LogP contribution in [-0.2, 0) is 13.2 Å². The van der Waals surface area contributed by atoms with E-state index in [0.717, 1.165) is 11.1 Å². The van der Waals surface area contributed by atoms with Gasteiger partial charge in [-0.15, -0.1) is 0 Å². The zero-order valence-corrected chi connectivity index (χ0v) is 20.6. The highest BCUT2D eigenvalue weighted by Gasteiger charge is 2.18. The van der Waals surface area contributed by atoms with Crippen LogP contribution in [0.4, 0.5) is 0 Å². The number of nitrogens with one attached hydrogen (secondary N) is 1. The fraction of sp³-hybridized carbons (Fsp3) is 0.333. The van der Waals surface area contributed by atoms with Gasteiger partial charge < -0.3 is 29.0 Å². The molecule has 1 amide bonds. The minimum absolute atomic E-state index is 0.257. The van der Waals surface area contributed by atoms with Crippen LogP contribution < -0.4 is 29.0 Å². The topological polar surface area (TPSA) is 88.1 Å². The zero-order valence-electron chi connectivity index (χ0n) is 20.6. The predicted molar refractivity (Wildman–Crippen MR) is 133 cm³/mol. The monoisotopic (exact) mass is 480 g/mol. The Bertz CT molecular complexity index is 1080. The van der Waals surface area contributed by atoms with Gasteiger partial charge in [-0.3, -0.25) is 9.78 Å². The van der Waals surface area contributed by atoms with E-state index < -0.39 is 0 Å². The lowest BCUT2D eigenvalue weighted by molar-refractivity contribution is 0.0949. The number of benzene rings is 2. The normalized spacial score (nSPS) is 10.4. The molecule has 0 atom stereocenters. The van der Waals surface area contributed by atoms with Crippen molar-refractivity contribution in [3.63, 3.8) is 0 Å². The number of hydrogen-bond acceptors (Lipinski definition) is 7. The average Bonchev–Trinajstić information content (AvgIpc) is 2.88. The summed E-state index contributed by atoms with van der Waals surface area (Å²) in [6, 6.07) is 12.7. The second kappa shape index (κ2) is 13.1. The van der Waals surface area contributed by atoms with E-state index in [4.69, 9.17) is 23.7 Å². The predicted octanol–water partition coefficient (Wildman–Crippen LogP) is 4.80. The summed E-state index contributed by atoms with van der Waals surface area (Å²) in [6.07, 6.45) is 3.45. The lowest BCUT2D eigenvalue weighted by atomic mass is 10.1. The third-order valence-corrected chi connectivity index (χ3v) is 5.00. The second-order valence-corrected chi connectivity index (χ2v) is 7.41. The molecule has 0 bridgehead atoms. The summed E-state index contributed by atoms with van der Waals surface area (Å²) in [5, 5.41) is 2.94. The molecule has 0 unspecified atom stereocenters. The van der Waals surface area contributed by atoms with E-state index in [1.54, 1.807) is 31.6 Å². The first kappa shape index (κ1) is 25.7. The number of hydrogen-bond donors (Lipinski definition) is 1. The summed E-state index contributed by atoms with van der Waals surface area (Å²) in [6.45, 7) is 7.67. The molecule has 2 aromatic carbocycles. The number of carbonyl (C=O) groups is 1. The summed E-state index contributed by atoms with van der Waals surface area (Å²) in [5.41, 5.74) is 2.30. The summed E-state index contributed by atoms with van der Waals surface area (Å²) in [5.74, 6) is 2.40. The van der Waals surface area contributed by atoms with Crippen molar-refractivity contribution in [2.45, 2.75) is 33.9 Å². The average molecular weight is 481 g/mol. The van der Waals surface area contributed by atoms with Gasteiger partial charge in [-0.2, -0.15) is 0 Å². The molecule has 0 radical (unpaired) electrons. The number of nitrogens with zero attached hydrogens (tertiary/aromatic N) is 1. The van der Waals surface area contributed by atoms with Crippen molar-refractivity contribution in [1.29, 1.82) is 0 Å². The number of rotatable bonds is 13. The largest absolute Gasteiger partial charge is 0.493 e. The molecule has 0 spiro atoms. The van der Waals surface area contributed by atoms with Crippen LogP contribution in [0.5, 0.6) is 28.7 Å². The van der Waals surface area contributed by atoms with Gasteiger partial charge in [-0.25, -0.2) is 0 Å². The first-order valence-electron chi connectivity index (χ1n) is 11.6. The number of ether oxygens (including phenoxy) is 5. The van der Waals surface area contributed by atoms with E-state index in [9.17, 15) is 4.79 Å². The Kier molecular flexibility index (Phi) is 9.59. The maximum absolute atomic E-state index is 13.0. The third kappa shape index (κ3) is 7.02. The maximum Gasteiger partial charge on any atom is 0.251 e. The van der Waals surface area contributed by atoms with Gasteiger partial charge in [-0.05, 0) is 68.3 Å². The number of methoxy groups -OCH3 is 1. The molecule has 1 N–H and O–H groups in total. The van der Waals surface area contributed by atoms with Crippen LogP contribution in [0.3, 0.4) is 0 Å². The minimum atomic E-state index is -0.257. The Morgan fingerprint density at radius 2 is 1.43 bits per heavy atom. The highest BCUT2D eigenvalue weighted by molar-refractivity contribution is 5.95. The van der Waals surface area contributed by atoms with Gasteiger partial charge in [0.15, 0.2) is 23.0 Å². The molecule has 3 aromatic rings. The van der Waals surface area contributed by atoms with Crippen LogP contribution in [0.2, 0.25) is 0 Å². The zero-order chi connectivity index (χ0) is 25.0. The molecule has 35 heavy (non-hydrogen) atoms. The van der Waals surface area contributed by atoms with Gasteiger partial charge in [0.1, 0.15) is 6.61 Å². The van der Waals surface area contributed by atoms with Crippen LogP contribution in [0.15, 0.2) is 54.9 Å². The molecule has 0 aliphatic carbocycles. The summed E-state index contributed by atoms with van der Waals surface area (Å²) in [7, 11) is 1.58. The van der Waals surface area contributed by atoms with Crippen molar-refractivity contribution >= 4 is 5.91 Å². The van der Waals surface area contributed by atoms with Crippen LogP contribution >= 0.6 is 0 Å². The Hall–Kier alpha value is -3.94. The molecular weight excluding hydrogens is 448 g/mol. The van der Waals surface area contributed by atoms with Gasteiger partial charge in [0.25, 0.3) is 5.91 Å². The van der Waals surface area contributed by atoms with Crippen molar-refractivity contribution in [3.05, 3.63) is 71.5 Å². The van der Waals surface area contributed by atoms with Crippen molar-refractivity contribution < 1.29 is 28.5 Å². The fourth-order valence-electron chi connectivity index (χ4n) is 3.39.